The molecule has 2 rings (SSSR count). The van der Waals surface area contributed by atoms with Crippen molar-refractivity contribution in [1.29, 1.82) is 0 Å². The van der Waals surface area contributed by atoms with Crippen molar-refractivity contribution >= 4 is 5.91 Å². The first-order valence-corrected chi connectivity index (χ1v) is 7.44. The second-order valence-electron chi connectivity index (χ2n) is 5.29. The van der Waals surface area contributed by atoms with Crippen LogP contribution in [0.3, 0.4) is 0 Å². The number of methoxy groups -OCH3 is 1. The summed E-state index contributed by atoms with van der Waals surface area (Å²) in [5, 5.41) is 2.83. The number of alkyl halides is 2. The summed E-state index contributed by atoms with van der Waals surface area (Å²) in [5.74, 6) is 0.0620. The Balaban J connectivity index is 1.94. The molecule has 0 atom stereocenters. The van der Waals surface area contributed by atoms with E-state index in [0.29, 0.717) is 18.7 Å². The summed E-state index contributed by atoms with van der Waals surface area (Å²) in [6, 6.07) is 8.37. The lowest BCUT2D eigenvalue weighted by molar-refractivity contribution is -0.0512. The van der Waals surface area contributed by atoms with Gasteiger partial charge in [0.05, 0.1) is 7.11 Å². The number of hydrogen-bond acceptors (Lipinski definition) is 3. The minimum absolute atomic E-state index is 0.0143. The van der Waals surface area contributed by atoms with Crippen LogP contribution in [0.1, 0.15) is 21.7 Å². The third-order valence-electron chi connectivity index (χ3n) is 3.75. The highest BCUT2D eigenvalue weighted by molar-refractivity contribution is 5.92. The van der Waals surface area contributed by atoms with Crippen LogP contribution in [0.4, 0.5) is 8.78 Å². The van der Waals surface area contributed by atoms with Crippen LogP contribution in [0.25, 0.3) is 0 Å². The number of ether oxygens (including phenoxy) is 2. The SMILES string of the molecule is COc1cc(CCNC(=O)c2ccc(C)n2C)ccc1OC(F)F. The van der Waals surface area contributed by atoms with Gasteiger partial charge in [-0.1, -0.05) is 6.07 Å². The first-order valence-electron chi connectivity index (χ1n) is 7.44. The summed E-state index contributed by atoms with van der Waals surface area (Å²) in [6.07, 6.45) is 0.542. The lowest BCUT2D eigenvalue weighted by Crippen LogP contribution is -2.27. The van der Waals surface area contributed by atoms with E-state index in [0.717, 1.165) is 11.3 Å². The molecule has 24 heavy (non-hydrogen) atoms. The van der Waals surface area contributed by atoms with Gasteiger partial charge in [-0.05, 0) is 43.2 Å². The Kier molecular flexibility index (Phi) is 5.78. The van der Waals surface area contributed by atoms with Gasteiger partial charge in [-0.2, -0.15) is 8.78 Å². The van der Waals surface area contributed by atoms with E-state index >= 15 is 0 Å². The Hall–Kier alpha value is -2.57. The van der Waals surface area contributed by atoms with Crippen molar-refractivity contribution in [3.63, 3.8) is 0 Å². The first-order chi connectivity index (χ1) is 11.4. The maximum Gasteiger partial charge on any atom is 0.387 e. The molecule has 130 valence electrons. The van der Waals surface area contributed by atoms with Crippen molar-refractivity contribution in [3.05, 3.63) is 47.3 Å². The average Bonchev–Trinajstić information content (AvgIpc) is 2.87. The molecule has 0 aliphatic carbocycles. The molecular formula is C17H20F2N2O3. The molecule has 0 aliphatic heterocycles. The molecular weight excluding hydrogens is 318 g/mol. The highest BCUT2D eigenvalue weighted by Crippen LogP contribution is 2.29. The molecule has 1 aromatic carbocycles. The van der Waals surface area contributed by atoms with Crippen LogP contribution in [-0.2, 0) is 13.5 Å². The largest absolute Gasteiger partial charge is 0.493 e. The summed E-state index contributed by atoms with van der Waals surface area (Å²) >= 11 is 0. The fourth-order valence-electron chi connectivity index (χ4n) is 2.31. The molecule has 2 aromatic rings. The number of aromatic nitrogens is 1. The second-order valence-corrected chi connectivity index (χ2v) is 5.29. The van der Waals surface area contributed by atoms with Gasteiger partial charge in [0, 0.05) is 19.3 Å². The van der Waals surface area contributed by atoms with E-state index in [1.807, 2.05) is 24.6 Å². The van der Waals surface area contributed by atoms with E-state index in [-0.39, 0.29) is 17.4 Å². The molecule has 0 radical (unpaired) electrons. The molecule has 0 spiro atoms. The minimum atomic E-state index is -2.90. The van der Waals surface area contributed by atoms with Crippen molar-refractivity contribution in [3.8, 4) is 11.5 Å². The number of aryl methyl sites for hydroxylation is 1. The van der Waals surface area contributed by atoms with Gasteiger partial charge in [0.25, 0.3) is 5.91 Å². The Labute approximate surface area is 139 Å². The van der Waals surface area contributed by atoms with Crippen LogP contribution in [-0.4, -0.2) is 30.7 Å². The topological polar surface area (TPSA) is 52.5 Å². The van der Waals surface area contributed by atoms with Crippen molar-refractivity contribution in [2.45, 2.75) is 20.0 Å². The smallest absolute Gasteiger partial charge is 0.387 e. The molecule has 7 heteroatoms. The summed E-state index contributed by atoms with van der Waals surface area (Å²) in [5.41, 5.74) is 2.43. The van der Waals surface area contributed by atoms with Crippen LogP contribution in [0.15, 0.2) is 30.3 Å². The second kappa shape index (κ2) is 7.81. The third-order valence-corrected chi connectivity index (χ3v) is 3.75. The summed E-state index contributed by atoms with van der Waals surface area (Å²) in [6.45, 7) is -0.564. The first kappa shape index (κ1) is 17.8. The fourth-order valence-corrected chi connectivity index (χ4v) is 2.31. The van der Waals surface area contributed by atoms with Gasteiger partial charge in [0.2, 0.25) is 0 Å². The van der Waals surface area contributed by atoms with Gasteiger partial charge in [-0.3, -0.25) is 4.79 Å². The van der Waals surface area contributed by atoms with Gasteiger partial charge in [0.15, 0.2) is 11.5 Å². The van der Waals surface area contributed by atoms with E-state index in [4.69, 9.17) is 4.74 Å². The van der Waals surface area contributed by atoms with Gasteiger partial charge < -0.3 is 19.4 Å². The quantitative estimate of drug-likeness (QED) is 0.844. The molecule has 0 bridgehead atoms. The predicted octanol–water partition coefficient (Wildman–Crippen LogP) is 2.92. The molecule has 0 unspecified atom stereocenters. The Morgan fingerprint density at radius 1 is 1.25 bits per heavy atom. The molecule has 0 fully saturated rings. The van der Waals surface area contributed by atoms with E-state index in [1.165, 1.54) is 13.2 Å². The summed E-state index contributed by atoms with van der Waals surface area (Å²) in [4.78, 5) is 12.1. The van der Waals surface area contributed by atoms with Gasteiger partial charge in [-0.25, -0.2) is 0 Å². The molecule has 1 aromatic heterocycles. The number of halogens is 2. The van der Waals surface area contributed by atoms with Gasteiger partial charge >= 0.3 is 6.61 Å². The predicted molar refractivity (Wildman–Crippen MR) is 85.8 cm³/mol. The average molecular weight is 338 g/mol. The molecule has 0 saturated carbocycles. The van der Waals surface area contributed by atoms with E-state index < -0.39 is 6.61 Å². The van der Waals surface area contributed by atoms with Crippen molar-refractivity contribution in [2.24, 2.45) is 7.05 Å². The fraction of sp³-hybridized carbons (Fsp3) is 0.353. The van der Waals surface area contributed by atoms with Crippen molar-refractivity contribution in [2.75, 3.05) is 13.7 Å². The number of nitrogens with one attached hydrogen (secondary N) is 1. The van der Waals surface area contributed by atoms with Crippen molar-refractivity contribution < 1.29 is 23.0 Å². The maximum absolute atomic E-state index is 12.3. The number of carbonyl (C=O) groups is 1. The lowest BCUT2D eigenvalue weighted by atomic mass is 10.1. The molecule has 1 amide bonds. The number of nitrogens with zero attached hydrogens (tertiary/aromatic N) is 1. The number of rotatable bonds is 7. The third kappa shape index (κ3) is 4.24. The molecule has 0 saturated heterocycles. The van der Waals surface area contributed by atoms with Crippen LogP contribution in [0, 0.1) is 6.92 Å². The van der Waals surface area contributed by atoms with E-state index in [2.05, 4.69) is 10.1 Å². The van der Waals surface area contributed by atoms with E-state index in [9.17, 15) is 13.6 Å². The molecule has 0 aliphatic rings. The van der Waals surface area contributed by atoms with Crippen LogP contribution >= 0.6 is 0 Å². The molecule has 1 N–H and O–H groups in total. The monoisotopic (exact) mass is 338 g/mol. The Morgan fingerprint density at radius 2 is 2.00 bits per heavy atom. The highest BCUT2D eigenvalue weighted by Gasteiger charge is 2.12. The lowest BCUT2D eigenvalue weighted by Gasteiger charge is -2.12. The Morgan fingerprint density at radius 3 is 2.58 bits per heavy atom. The minimum Gasteiger partial charge on any atom is -0.493 e. The van der Waals surface area contributed by atoms with Gasteiger partial charge in [0.1, 0.15) is 5.69 Å². The van der Waals surface area contributed by atoms with E-state index in [1.54, 1.807) is 18.2 Å². The maximum atomic E-state index is 12.3. The van der Waals surface area contributed by atoms with Gasteiger partial charge in [-0.15, -0.1) is 0 Å². The summed E-state index contributed by atoms with van der Waals surface area (Å²) < 4.78 is 35.8. The molecule has 1 heterocycles. The standard InChI is InChI=1S/C17H20F2N2O3/c1-11-4-6-13(21(11)2)16(22)20-9-8-12-5-7-14(24-17(18)19)15(10-12)23-3/h4-7,10,17H,8-9H2,1-3H3,(H,20,22). The number of hydrogen-bond donors (Lipinski definition) is 1. The summed E-state index contributed by atoms with van der Waals surface area (Å²) in [7, 11) is 3.22. The molecule has 5 nitrogen and oxygen atoms in total. The Bertz CT molecular complexity index is 714. The van der Waals surface area contributed by atoms with Crippen LogP contribution in [0.5, 0.6) is 11.5 Å². The van der Waals surface area contributed by atoms with Crippen molar-refractivity contribution in [1.82, 2.24) is 9.88 Å². The highest BCUT2D eigenvalue weighted by atomic mass is 19.3. The zero-order valence-electron chi connectivity index (χ0n) is 13.8. The zero-order valence-corrected chi connectivity index (χ0v) is 13.8. The number of amides is 1. The normalized spacial score (nSPS) is 10.8. The van der Waals surface area contributed by atoms with Crippen LogP contribution in [0.2, 0.25) is 0 Å². The zero-order chi connectivity index (χ0) is 17.7. The number of benzene rings is 1. The van der Waals surface area contributed by atoms with Crippen LogP contribution < -0.4 is 14.8 Å². The number of carbonyl (C=O) groups excluding carboxylic acids is 1.